The predicted octanol–water partition coefficient (Wildman–Crippen LogP) is 3.60. The third-order valence-electron chi connectivity index (χ3n) is 7.24. The van der Waals surface area contributed by atoms with Gasteiger partial charge in [-0.15, -0.1) is 0 Å². The van der Waals surface area contributed by atoms with Crippen LogP contribution in [0.25, 0.3) is 0 Å². The molecule has 1 aromatic rings. The predicted molar refractivity (Wildman–Crippen MR) is 93.4 cm³/mol. The maximum atomic E-state index is 4.58. The molecule has 4 aliphatic rings. The molecule has 3 saturated carbocycles. The number of hydrogen-bond donors (Lipinski definition) is 1. The van der Waals surface area contributed by atoms with E-state index in [4.69, 9.17) is 0 Å². The number of nitrogens with zero attached hydrogens (tertiary/aromatic N) is 2. The Bertz CT molecular complexity index is 566. The third kappa shape index (κ3) is 2.48. The molecule has 1 aromatic heterocycles. The fourth-order valence-electron chi connectivity index (χ4n) is 6.24. The Labute approximate surface area is 139 Å². The first kappa shape index (κ1) is 14.3. The molecule has 2 bridgehead atoms. The van der Waals surface area contributed by atoms with E-state index in [1.807, 2.05) is 6.20 Å². The Morgan fingerprint density at radius 2 is 1.91 bits per heavy atom. The van der Waals surface area contributed by atoms with Gasteiger partial charge in [0.25, 0.3) is 0 Å². The van der Waals surface area contributed by atoms with Crippen LogP contribution in [0.1, 0.15) is 50.5 Å². The lowest BCUT2D eigenvalue weighted by Gasteiger charge is -2.32. The Morgan fingerprint density at radius 1 is 1.04 bits per heavy atom. The van der Waals surface area contributed by atoms with Crippen LogP contribution in [-0.4, -0.2) is 24.1 Å². The van der Waals surface area contributed by atoms with E-state index in [1.165, 1.54) is 69.4 Å². The van der Waals surface area contributed by atoms with Gasteiger partial charge in [-0.25, -0.2) is 4.98 Å². The van der Waals surface area contributed by atoms with Crippen molar-refractivity contribution in [3.8, 4) is 0 Å². The molecule has 3 heteroatoms. The van der Waals surface area contributed by atoms with Gasteiger partial charge in [-0.1, -0.05) is 6.42 Å². The van der Waals surface area contributed by atoms with E-state index in [0.29, 0.717) is 0 Å². The summed E-state index contributed by atoms with van der Waals surface area (Å²) in [4.78, 5) is 7.02. The van der Waals surface area contributed by atoms with Crippen molar-refractivity contribution >= 4 is 5.82 Å². The highest BCUT2D eigenvalue weighted by Crippen LogP contribution is 2.58. The molecule has 0 amide bonds. The molecule has 3 nitrogen and oxygen atoms in total. The number of rotatable bonds is 4. The molecule has 0 spiro atoms. The Morgan fingerprint density at radius 3 is 2.83 bits per heavy atom. The van der Waals surface area contributed by atoms with Gasteiger partial charge in [0.2, 0.25) is 0 Å². The molecule has 5 rings (SSSR count). The van der Waals surface area contributed by atoms with Crippen molar-refractivity contribution in [1.29, 1.82) is 0 Å². The number of pyridine rings is 1. The highest BCUT2D eigenvalue weighted by atomic mass is 15.2. The van der Waals surface area contributed by atoms with Gasteiger partial charge >= 0.3 is 0 Å². The molecule has 0 radical (unpaired) electrons. The van der Waals surface area contributed by atoms with Crippen LogP contribution in [0.3, 0.4) is 0 Å². The summed E-state index contributed by atoms with van der Waals surface area (Å²) in [6.07, 6.45) is 12.1. The maximum Gasteiger partial charge on any atom is 0.128 e. The summed E-state index contributed by atoms with van der Waals surface area (Å²) in [5, 5.41) is 3.91. The maximum absolute atomic E-state index is 4.58. The lowest BCUT2D eigenvalue weighted by Crippen LogP contribution is -2.38. The van der Waals surface area contributed by atoms with Gasteiger partial charge in [-0.2, -0.15) is 0 Å². The largest absolute Gasteiger partial charge is 0.357 e. The number of nitrogens with one attached hydrogen (secondary N) is 1. The average molecular weight is 311 g/mol. The molecule has 4 fully saturated rings. The van der Waals surface area contributed by atoms with Crippen molar-refractivity contribution in [2.75, 3.05) is 18.0 Å². The first-order chi connectivity index (χ1) is 11.4. The van der Waals surface area contributed by atoms with Gasteiger partial charge in [-0.3, -0.25) is 0 Å². The van der Waals surface area contributed by atoms with Crippen molar-refractivity contribution in [2.24, 2.45) is 23.7 Å². The van der Waals surface area contributed by atoms with Crippen molar-refractivity contribution < 1.29 is 0 Å². The minimum atomic E-state index is 0.780. The summed E-state index contributed by atoms with van der Waals surface area (Å²) >= 11 is 0. The van der Waals surface area contributed by atoms with E-state index < -0.39 is 0 Å². The summed E-state index contributed by atoms with van der Waals surface area (Å²) in [5.74, 6) is 5.37. The number of hydrogen-bond acceptors (Lipinski definition) is 3. The molecule has 5 unspecified atom stereocenters. The van der Waals surface area contributed by atoms with E-state index in [-0.39, 0.29) is 0 Å². The zero-order valence-corrected chi connectivity index (χ0v) is 14.1. The number of anilines is 1. The van der Waals surface area contributed by atoms with Crippen LogP contribution in [0, 0.1) is 23.7 Å². The van der Waals surface area contributed by atoms with Gasteiger partial charge in [-0.05, 0) is 79.9 Å². The lowest BCUT2D eigenvalue weighted by atomic mass is 9.79. The van der Waals surface area contributed by atoms with Gasteiger partial charge in [0.05, 0.1) is 0 Å². The van der Waals surface area contributed by atoms with Crippen molar-refractivity contribution in [3.05, 3.63) is 23.9 Å². The Kier molecular flexibility index (Phi) is 3.58. The molecule has 3 aliphatic carbocycles. The molecular weight excluding hydrogens is 282 g/mol. The quantitative estimate of drug-likeness (QED) is 0.921. The highest BCUT2D eigenvalue weighted by molar-refractivity contribution is 5.41. The molecule has 2 heterocycles. The fourth-order valence-corrected chi connectivity index (χ4v) is 6.24. The molecule has 124 valence electrons. The molecule has 5 atom stereocenters. The summed E-state index contributed by atoms with van der Waals surface area (Å²) in [5.41, 5.74) is 1.41. The highest BCUT2D eigenvalue weighted by Gasteiger charge is 2.53. The standard InChI is InChI=1S/C20H29N3/c1-2-9-23(8-1)20-10-14(6-7-21-20)13-22-19-12-15-11-18(19)17-5-3-4-16(15)17/h6-7,10,15-19,22H,1-5,8-9,11-13H2. The minimum absolute atomic E-state index is 0.780. The molecule has 1 saturated heterocycles. The van der Waals surface area contributed by atoms with Crippen LogP contribution in [0.2, 0.25) is 0 Å². The second kappa shape index (κ2) is 5.77. The first-order valence-electron chi connectivity index (χ1n) is 9.82. The Balaban J connectivity index is 1.22. The number of fused-ring (bicyclic) bond motifs is 5. The van der Waals surface area contributed by atoms with Crippen LogP contribution >= 0.6 is 0 Å². The van der Waals surface area contributed by atoms with Crippen LogP contribution in [0.5, 0.6) is 0 Å². The van der Waals surface area contributed by atoms with Crippen LogP contribution < -0.4 is 10.2 Å². The van der Waals surface area contributed by atoms with Crippen LogP contribution in [0.15, 0.2) is 18.3 Å². The second-order valence-corrected chi connectivity index (χ2v) is 8.36. The summed E-state index contributed by atoms with van der Waals surface area (Å²) < 4.78 is 0. The van der Waals surface area contributed by atoms with Crippen LogP contribution in [0.4, 0.5) is 5.82 Å². The topological polar surface area (TPSA) is 28.2 Å². The molecule has 23 heavy (non-hydrogen) atoms. The lowest BCUT2D eigenvalue weighted by molar-refractivity contribution is 0.208. The zero-order valence-electron chi connectivity index (χ0n) is 14.1. The van der Waals surface area contributed by atoms with Crippen LogP contribution in [-0.2, 0) is 6.54 Å². The molecule has 1 aliphatic heterocycles. The van der Waals surface area contributed by atoms with E-state index in [2.05, 4.69) is 27.3 Å². The van der Waals surface area contributed by atoms with Gasteiger partial charge < -0.3 is 10.2 Å². The molecule has 0 aromatic carbocycles. The SMILES string of the molecule is c1cc(CNC2CC3CC2C2CCCC32)cc(N2CCCC2)n1. The second-order valence-electron chi connectivity index (χ2n) is 8.36. The molecule has 1 N–H and O–H groups in total. The van der Waals surface area contributed by atoms with Gasteiger partial charge in [0, 0.05) is 31.9 Å². The van der Waals surface area contributed by atoms with Gasteiger partial charge in [0.15, 0.2) is 0 Å². The van der Waals surface area contributed by atoms with Crippen molar-refractivity contribution in [2.45, 2.75) is 57.5 Å². The summed E-state index contributed by atoms with van der Waals surface area (Å²) in [6.45, 7) is 3.38. The van der Waals surface area contributed by atoms with Crippen molar-refractivity contribution in [1.82, 2.24) is 10.3 Å². The third-order valence-corrected chi connectivity index (χ3v) is 7.24. The summed E-state index contributed by atoms with van der Waals surface area (Å²) in [6, 6.07) is 5.28. The Hall–Kier alpha value is -1.09. The van der Waals surface area contributed by atoms with E-state index in [1.54, 1.807) is 0 Å². The monoisotopic (exact) mass is 311 g/mol. The first-order valence-corrected chi connectivity index (χ1v) is 9.82. The van der Waals surface area contributed by atoms with E-state index in [0.717, 1.165) is 36.3 Å². The molecular formula is C20H29N3. The summed E-state index contributed by atoms with van der Waals surface area (Å²) in [7, 11) is 0. The van der Waals surface area contributed by atoms with Crippen molar-refractivity contribution in [3.63, 3.8) is 0 Å². The van der Waals surface area contributed by atoms with E-state index >= 15 is 0 Å². The smallest absolute Gasteiger partial charge is 0.128 e. The zero-order chi connectivity index (χ0) is 15.2. The number of aromatic nitrogens is 1. The normalized spacial score (nSPS) is 38.4. The van der Waals surface area contributed by atoms with Gasteiger partial charge in [0.1, 0.15) is 5.82 Å². The average Bonchev–Trinajstić information content (AvgIpc) is 3.35. The minimum Gasteiger partial charge on any atom is -0.357 e. The fraction of sp³-hybridized carbons (Fsp3) is 0.750. The van der Waals surface area contributed by atoms with E-state index in [9.17, 15) is 0 Å².